The van der Waals surface area contributed by atoms with E-state index >= 15 is 0 Å². The molecule has 9 heteroatoms. The zero-order valence-electron chi connectivity index (χ0n) is 24.8. The summed E-state index contributed by atoms with van der Waals surface area (Å²) in [6, 6.07) is 8.72. The van der Waals surface area contributed by atoms with Crippen LogP contribution < -0.4 is 10.6 Å². The third kappa shape index (κ3) is 7.71. The Balaban J connectivity index is 2.09. The van der Waals surface area contributed by atoms with E-state index in [9.17, 15) is 19.5 Å². The zero-order chi connectivity index (χ0) is 29.8. The van der Waals surface area contributed by atoms with E-state index in [2.05, 4.69) is 10.6 Å². The Morgan fingerprint density at radius 3 is 2.20 bits per heavy atom. The van der Waals surface area contributed by atoms with E-state index in [4.69, 9.17) is 4.74 Å². The van der Waals surface area contributed by atoms with Crippen molar-refractivity contribution in [1.29, 1.82) is 0 Å². The van der Waals surface area contributed by atoms with Gasteiger partial charge in [-0.3, -0.25) is 9.59 Å². The van der Waals surface area contributed by atoms with Crippen molar-refractivity contribution in [3.63, 3.8) is 0 Å². The molecule has 3 N–H and O–H groups in total. The molecule has 4 unspecified atom stereocenters. The van der Waals surface area contributed by atoms with Crippen molar-refractivity contribution in [2.75, 3.05) is 17.3 Å². The molecule has 40 heavy (non-hydrogen) atoms. The minimum atomic E-state index is -1.11. The summed E-state index contributed by atoms with van der Waals surface area (Å²) in [4.78, 5) is 42.9. The van der Waals surface area contributed by atoms with Crippen LogP contribution in [0.2, 0.25) is 0 Å². The number of carbonyl (C=O) groups is 3. The number of alkyl carbamates (subject to hydrolysis) is 1. The average Bonchev–Trinajstić information content (AvgIpc) is 3.58. The number of anilines is 1. The van der Waals surface area contributed by atoms with Crippen LogP contribution in [-0.4, -0.2) is 57.6 Å². The second-order valence-electron chi connectivity index (χ2n) is 11.7. The maximum Gasteiger partial charge on any atom is 0.408 e. The van der Waals surface area contributed by atoms with E-state index in [0.29, 0.717) is 35.4 Å². The Morgan fingerprint density at radius 1 is 1.07 bits per heavy atom. The minimum absolute atomic E-state index is 0.0315. The molecule has 0 spiro atoms. The molecule has 0 aromatic heterocycles. The number of hydrogen-bond donors (Lipinski definition) is 3. The van der Waals surface area contributed by atoms with E-state index < -0.39 is 29.7 Å². The van der Waals surface area contributed by atoms with Crippen LogP contribution in [0.5, 0.6) is 5.75 Å². The molecule has 1 fully saturated rings. The molecule has 0 bridgehead atoms. The van der Waals surface area contributed by atoms with Crippen LogP contribution in [0, 0.1) is 26.7 Å². The van der Waals surface area contributed by atoms with Crippen molar-refractivity contribution < 1.29 is 24.2 Å². The molecule has 3 amide bonds. The molecule has 1 saturated carbocycles. The highest BCUT2D eigenvalue weighted by atomic mass is 32.2. The number of phenolic OH excluding ortho intramolecular Hbond substituents is 1. The van der Waals surface area contributed by atoms with Crippen LogP contribution in [0.4, 0.5) is 10.5 Å². The summed E-state index contributed by atoms with van der Waals surface area (Å²) in [6.45, 7) is 12.9. The van der Waals surface area contributed by atoms with Crippen molar-refractivity contribution >= 4 is 35.4 Å². The number of benzene rings is 2. The molecule has 2 aromatic carbocycles. The van der Waals surface area contributed by atoms with Crippen LogP contribution >= 0.6 is 11.8 Å². The Bertz CT molecular complexity index is 1220. The molecule has 1 aliphatic rings. The smallest absolute Gasteiger partial charge is 0.408 e. The van der Waals surface area contributed by atoms with E-state index in [0.717, 1.165) is 11.1 Å². The number of aromatic hydroxyl groups is 1. The Labute approximate surface area is 242 Å². The van der Waals surface area contributed by atoms with Gasteiger partial charge >= 0.3 is 6.09 Å². The van der Waals surface area contributed by atoms with Crippen LogP contribution in [0.1, 0.15) is 68.8 Å². The first kappa shape index (κ1) is 31.3. The molecule has 1 aliphatic carbocycles. The maximum atomic E-state index is 14.4. The number of ether oxygens (including phenoxy) is 1. The van der Waals surface area contributed by atoms with E-state index in [1.807, 2.05) is 45.2 Å². The molecule has 4 atom stereocenters. The van der Waals surface area contributed by atoms with E-state index in [1.54, 1.807) is 62.6 Å². The van der Waals surface area contributed by atoms with Crippen molar-refractivity contribution in [1.82, 2.24) is 10.2 Å². The number of thioether (sulfide) groups is 1. The van der Waals surface area contributed by atoms with Gasteiger partial charge in [0.2, 0.25) is 5.91 Å². The summed E-state index contributed by atoms with van der Waals surface area (Å²) >= 11 is 1.56. The van der Waals surface area contributed by atoms with Gasteiger partial charge in [-0.2, -0.15) is 11.8 Å². The van der Waals surface area contributed by atoms with Gasteiger partial charge in [0.05, 0.1) is 0 Å². The summed E-state index contributed by atoms with van der Waals surface area (Å²) in [5.74, 6) is -0.0523. The molecule has 218 valence electrons. The number of hydrogen-bond acceptors (Lipinski definition) is 6. The first-order chi connectivity index (χ1) is 18.7. The SMILES string of the molecule is CSCCC(NC(=O)OC(C)(C)C)C(=O)N(C(C(=O)Nc1c(C)cccc1C)c1cccc(C)c1O)C1CC1C. The lowest BCUT2D eigenvalue weighted by Gasteiger charge is -2.35. The zero-order valence-corrected chi connectivity index (χ0v) is 25.6. The molecule has 8 nitrogen and oxygen atoms in total. The summed E-state index contributed by atoms with van der Waals surface area (Å²) in [5, 5.41) is 16.9. The second-order valence-corrected chi connectivity index (χ2v) is 12.7. The number of nitrogens with zero attached hydrogens (tertiary/aromatic N) is 1. The van der Waals surface area contributed by atoms with Gasteiger partial charge in [0.25, 0.3) is 5.91 Å². The lowest BCUT2D eigenvalue weighted by atomic mass is 9.98. The largest absolute Gasteiger partial charge is 0.507 e. The van der Waals surface area contributed by atoms with Crippen LogP contribution in [0.25, 0.3) is 0 Å². The number of phenols is 1. The third-order valence-corrected chi connectivity index (χ3v) is 7.74. The lowest BCUT2D eigenvalue weighted by Crippen LogP contribution is -2.53. The van der Waals surface area contributed by atoms with Gasteiger partial charge in [-0.25, -0.2) is 4.79 Å². The minimum Gasteiger partial charge on any atom is -0.507 e. The molecule has 0 saturated heterocycles. The highest BCUT2D eigenvalue weighted by Crippen LogP contribution is 2.43. The summed E-state index contributed by atoms with van der Waals surface area (Å²) in [6.07, 6.45) is 2.32. The fourth-order valence-electron chi connectivity index (χ4n) is 4.82. The van der Waals surface area contributed by atoms with Crippen molar-refractivity contribution in [2.24, 2.45) is 5.92 Å². The van der Waals surface area contributed by atoms with Crippen LogP contribution in [0.3, 0.4) is 0 Å². The Morgan fingerprint density at radius 2 is 1.65 bits per heavy atom. The number of carbonyl (C=O) groups excluding carboxylic acids is 3. The monoisotopic (exact) mass is 569 g/mol. The first-order valence-electron chi connectivity index (χ1n) is 13.7. The highest BCUT2D eigenvalue weighted by Gasteiger charge is 2.49. The number of para-hydroxylation sites is 2. The predicted octanol–water partition coefficient (Wildman–Crippen LogP) is 5.88. The Kier molecular flexibility index (Phi) is 10.2. The number of aryl methyl sites for hydroxylation is 3. The highest BCUT2D eigenvalue weighted by molar-refractivity contribution is 7.98. The predicted molar refractivity (Wildman–Crippen MR) is 161 cm³/mol. The van der Waals surface area contributed by atoms with Crippen molar-refractivity contribution in [2.45, 2.75) is 85.0 Å². The second kappa shape index (κ2) is 13.0. The fourth-order valence-corrected chi connectivity index (χ4v) is 5.29. The van der Waals surface area contributed by atoms with Crippen LogP contribution in [0.15, 0.2) is 36.4 Å². The summed E-state index contributed by atoms with van der Waals surface area (Å²) in [7, 11) is 0. The first-order valence-corrected chi connectivity index (χ1v) is 15.1. The number of amides is 3. The molecule has 0 heterocycles. The molecule has 2 aromatic rings. The quantitative estimate of drug-likeness (QED) is 0.330. The summed E-state index contributed by atoms with van der Waals surface area (Å²) < 4.78 is 5.46. The molecule has 0 radical (unpaired) electrons. The fraction of sp³-hybridized carbons (Fsp3) is 0.516. The van der Waals surface area contributed by atoms with Crippen molar-refractivity contribution in [3.8, 4) is 5.75 Å². The lowest BCUT2D eigenvalue weighted by molar-refractivity contribution is -0.141. The van der Waals surface area contributed by atoms with Gasteiger partial charge < -0.3 is 25.4 Å². The summed E-state index contributed by atoms with van der Waals surface area (Å²) in [5.41, 5.74) is 2.67. The molecular weight excluding hydrogens is 526 g/mol. The van der Waals surface area contributed by atoms with Gasteiger partial charge in [0.15, 0.2) is 0 Å². The van der Waals surface area contributed by atoms with E-state index in [1.165, 1.54) is 0 Å². The average molecular weight is 570 g/mol. The molecular formula is C31H43N3O5S. The number of nitrogens with one attached hydrogen (secondary N) is 2. The Hall–Kier alpha value is -3.20. The van der Waals surface area contributed by atoms with Gasteiger partial charge in [0.1, 0.15) is 23.4 Å². The van der Waals surface area contributed by atoms with Crippen LogP contribution in [-0.2, 0) is 14.3 Å². The van der Waals surface area contributed by atoms with Gasteiger partial charge in [-0.1, -0.05) is 43.3 Å². The van der Waals surface area contributed by atoms with Gasteiger partial charge in [0, 0.05) is 17.3 Å². The number of rotatable bonds is 10. The van der Waals surface area contributed by atoms with Gasteiger partial charge in [-0.15, -0.1) is 0 Å². The van der Waals surface area contributed by atoms with Crippen molar-refractivity contribution in [3.05, 3.63) is 58.7 Å². The third-order valence-electron chi connectivity index (χ3n) is 7.10. The standard InChI is InChI=1S/C31H43N3O5S/c1-18-11-9-12-19(2)25(18)33-28(36)26(22-14-10-13-20(3)27(22)35)34(24-17-21(24)4)29(37)23(15-16-40-8)32-30(38)39-31(5,6)7/h9-14,21,23-24,26,35H,15-17H2,1-8H3,(H,32,38)(H,33,36). The molecule has 3 rings (SSSR count). The topological polar surface area (TPSA) is 108 Å². The van der Waals surface area contributed by atoms with Gasteiger partial charge in [-0.05, 0) is 89.0 Å². The molecule has 0 aliphatic heterocycles. The normalized spacial score (nSPS) is 17.9. The van der Waals surface area contributed by atoms with E-state index in [-0.39, 0.29) is 23.6 Å². The maximum absolute atomic E-state index is 14.4.